The second kappa shape index (κ2) is 9.12. The van der Waals surface area contributed by atoms with E-state index in [2.05, 4.69) is 10.6 Å². The lowest BCUT2D eigenvalue weighted by molar-refractivity contribution is -0.136. The Morgan fingerprint density at radius 1 is 1.15 bits per heavy atom. The Morgan fingerprint density at radius 3 is 2.50 bits per heavy atom. The molecule has 1 atom stereocenters. The number of esters is 1. The van der Waals surface area contributed by atoms with Crippen molar-refractivity contribution >= 4 is 12.0 Å². The number of hydrogen-bond acceptors (Lipinski definition) is 5. The first-order valence-electron chi connectivity index (χ1n) is 8.84. The van der Waals surface area contributed by atoms with Crippen molar-refractivity contribution in [2.24, 2.45) is 0 Å². The summed E-state index contributed by atoms with van der Waals surface area (Å²) in [5, 5.41) is 5.54. The molecule has 2 rings (SSSR count). The number of nitrogens with one attached hydrogen (secondary N) is 2. The van der Waals surface area contributed by atoms with Crippen LogP contribution in [0, 0.1) is 0 Å². The van der Waals surface area contributed by atoms with Crippen LogP contribution in [0.2, 0.25) is 0 Å². The first kappa shape index (κ1) is 19.6. The minimum absolute atomic E-state index is 0.359. The molecule has 0 aromatic heterocycles. The molecule has 2 amide bonds. The van der Waals surface area contributed by atoms with E-state index in [4.69, 9.17) is 14.2 Å². The molecule has 7 nitrogen and oxygen atoms in total. The zero-order valence-corrected chi connectivity index (χ0v) is 15.7. The van der Waals surface area contributed by atoms with Gasteiger partial charge in [-0.2, -0.15) is 0 Å². The van der Waals surface area contributed by atoms with E-state index in [9.17, 15) is 9.59 Å². The number of carbonyl (C=O) groups excluding carboxylic acids is 2. The standard InChI is InChI=1S/C19H26N2O5/c1-5-8-14-16(18(22)24-4)17(21-19(23)20-14)13-10-9-12(25-6-2)11-15(13)26-7-3/h9-11,17H,5-8H2,1-4H3,(H2,20,21,23). The minimum atomic E-state index is -0.657. The average Bonchev–Trinajstić information content (AvgIpc) is 2.62. The lowest BCUT2D eigenvalue weighted by Gasteiger charge is -2.30. The summed E-state index contributed by atoms with van der Waals surface area (Å²) in [5.74, 6) is 0.738. The van der Waals surface area contributed by atoms with Gasteiger partial charge in [-0.3, -0.25) is 0 Å². The molecule has 0 saturated heterocycles. The van der Waals surface area contributed by atoms with Gasteiger partial charge in [-0.1, -0.05) is 13.3 Å². The highest BCUT2D eigenvalue weighted by molar-refractivity contribution is 5.95. The van der Waals surface area contributed by atoms with Crippen LogP contribution in [0.25, 0.3) is 0 Å². The van der Waals surface area contributed by atoms with Crippen LogP contribution in [0.1, 0.15) is 45.2 Å². The topological polar surface area (TPSA) is 85.9 Å². The quantitative estimate of drug-likeness (QED) is 0.694. The van der Waals surface area contributed by atoms with E-state index in [1.807, 2.05) is 20.8 Å². The predicted octanol–water partition coefficient (Wildman–Crippen LogP) is 3.07. The highest BCUT2D eigenvalue weighted by atomic mass is 16.5. The molecule has 0 aliphatic carbocycles. The van der Waals surface area contributed by atoms with Gasteiger partial charge in [0.05, 0.1) is 31.9 Å². The van der Waals surface area contributed by atoms with Crippen LogP contribution in [0.5, 0.6) is 11.5 Å². The van der Waals surface area contributed by atoms with Gasteiger partial charge in [0, 0.05) is 17.3 Å². The maximum Gasteiger partial charge on any atom is 0.337 e. The maximum atomic E-state index is 12.4. The maximum absolute atomic E-state index is 12.4. The van der Waals surface area contributed by atoms with Crippen molar-refractivity contribution in [1.82, 2.24) is 10.6 Å². The van der Waals surface area contributed by atoms with E-state index in [0.717, 1.165) is 6.42 Å². The summed E-state index contributed by atoms with van der Waals surface area (Å²) < 4.78 is 16.2. The Labute approximate surface area is 153 Å². The van der Waals surface area contributed by atoms with Crippen LogP contribution >= 0.6 is 0 Å². The molecular weight excluding hydrogens is 336 g/mol. The molecule has 142 valence electrons. The largest absolute Gasteiger partial charge is 0.494 e. The Kier molecular flexibility index (Phi) is 6.89. The summed E-state index contributed by atoms with van der Waals surface area (Å²) in [5.41, 5.74) is 1.64. The number of benzene rings is 1. The lowest BCUT2D eigenvalue weighted by Crippen LogP contribution is -2.46. The summed E-state index contributed by atoms with van der Waals surface area (Å²) in [4.78, 5) is 24.6. The van der Waals surface area contributed by atoms with Gasteiger partial charge >= 0.3 is 12.0 Å². The smallest absolute Gasteiger partial charge is 0.337 e. The molecule has 1 aromatic rings. The van der Waals surface area contributed by atoms with Crippen molar-refractivity contribution in [2.45, 2.75) is 39.7 Å². The van der Waals surface area contributed by atoms with Gasteiger partial charge in [0.2, 0.25) is 0 Å². The monoisotopic (exact) mass is 362 g/mol. The van der Waals surface area contributed by atoms with Crippen LogP contribution in [-0.4, -0.2) is 32.3 Å². The molecule has 1 heterocycles. The van der Waals surface area contributed by atoms with Crippen molar-refractivity contribution in [3.63, 3.8) is 0 Å². The van der Waals surface area contributed by atoms with Crippen molar-refractivity contribution in [3.05, 3.63) is 35.0 Å². The highest BCUT2D eigenvalue weighted by Gasteiger charge is 2.34. The second-order valence-electron chi connectivity index (χ2n) is 5.73. The number of allylic oxidation sites excluding steroid dienone is 1. The molecule has 26 heavy (non-hydrogen) atoms. The number of ether oxygens (including phenoxy) is 3. The van der Waals surface area contributed by atoms with Crippen molar-refractivity contribution in [2.75, 3.05) is 20.3 Å². The van der Waals surface area contributed by atoms with Gasteiger partial charge in [0.25, 0.3) is 0 Å². The fraction of sp³-hybridized carbons (Fsp3) is 0.474. The van der Waals surface area contributed by atoms with E-state index >= 15 is 0 Å². The summed E-state index contributed by atoms with van der Waals surface area (Å²) >= 11 is 0. The lowest BCUT2D eigenvalue weighted by atomic mass is 9.93. The number of methoxy groups -OCH3 is 1. The van der Waals surface area contributed by atoms with Gasteiger partial charge in [-0.25, -0.2) is 9.59 Å². The number of urea groups is 1. The third kappa shape index (κ3) is 4.28. The van der Waals surface area contributed by atoms with E-state index in [-0.39, 0.29) is 6.03 Å². The van der Waals surface area contributed by atoms with Gasteiger partial charge in [-0.15, -0.1) is 0 Å². The van der Waals surface area contributed by atoms with E-state index in [1.54, 1.807) is 18.2 Å². The number of rotatable bonds is 8. The van der Waals surface area contributed by atoms with Crippen molar-refractivity contribution < 1.29 is 23.8 Å². The van der Waals surface area contributed by atoms with Crippen LogP contribution in [-0.2, 0) is 9.53 Å². The minimum Gasteiger partial charge on any atom is -0.494 e. The normalized spacial score (nSPS) is 16.6. The van der Waals surface area contributed by atoms with Crippen LogP contribution < -0.4 is 20.1 Å². The molecular formula is C19H26N2O5. The van der Waals surface area contributed by atoms with Crippen molar-refractivity contribution in [1.29, 1.82) is 0 Å². The second-order valence-corrected chi connectivity index (χ2v) is 5.73. The zero-order valence-electron chi connectivity index (χ0n) is 15.7. The Morgan fingerprint density at radius 2 is 1.88 bits per heavy atom. The van der Waals surface area contributed by atoms with E-state index in [0.29, 0.717) is 48.0 Å². The van der Waals surface area contributed by atoms with Crippen LogP contribution in [0.4, 0.5) is 4.79 Å². The average molecular weight is 362 g/mol. The molecule has 7 heteroatoms. The molecule has 0 fully saturated rings. The van der Waals surface area contributed by atoms with Gasteiger partial charge in [0.1, 0.15) is 11.5 Å². The Hall–Kier alpha value is -2.70. The van der Waals surface area contributed by atoms with E-state index in [1.165, 1.54) is 7.11 Å². The Bertz CT molecular complexity index is 699. The summed E-state index contributed by atoms with van der Waals surface area (Å²) in [6, 6.07) is 4.35. The molecule has 0 saturated carbocycles. The fourth-order valence-corrected chi connectivity index (χ4v) is 2.94. The predicted molar refractivity (Wildman–Crippen MR) is 97.1 cm³/mol. The SMILES string of the molecule is CCCC1=C(C(=O)OC)C(c2ccc(OCC)cc2OCC)NC(=O)N1. The summed E-state index contributed by atoms with van der Waals surface area (Å²) in [6.45, 7) is 6.73. The first-order valence-corrected chi connectivity index (χ1v) is 8.84. The number of hydrogen-bond donors (Lipinski definition) is 2. The first-order chi connectivity index (χ1) is 12.5. The van der Waals surface area contributed by atoms with E-state index < -0.39 is 12.0 Å². The number of carbonyl (C=O) groups is 2. The third-order valence-corrected chi connectivity index (χ3v) is 3.97. The van der Waals surface area contributed by atoms with Gasteiger partial charge < -0.3 is 24.8 Å². The Balaban J connectivity index is 2.56. The number of amides is 2. The van der Waals surface area contributed by atoms with Gasteiger partial charge in [0.15, 0.2) is 0 Å². The molecule has 0 spiro atoms. The summed E-state index contributed by atoms with van der Waals surface area (Å²) in [6.07, 6.45) is 1.35. The van der Waals surface area contributed by atoms with Crippen LogP contribution in [0.3, 0.4) is 0 Å². The molecule has 1 aliphatic rings. The molecule has 0 radical (unpaired) electrons. The molecule has 1 aliphatic heterocycles. The highest BCUT2D eigenvalue weighted by Crippen LogP contribution is 2.36. The molecule has 1 unspecified atom stereocenters. The summed E-state index contributed by atoms with van der Waals surface area (Å²) in [7, 11) is 1.33. The molecule has 1 aromatic carbocycles. The fourth-order valence-electron chi connectivity index (χ4n) is 2.94. The molecule has 0 bridgehead atoms. The van der Waals surface area contributed by atoms with Crippen LogP contribution in [0.15, 0.2) is 29.5 Å². The zero-order chi connectivity index (χ0) is 19.1. The van der Waals surface area contributed by atoms with Crippen molar-refractivity contribution in [3.8, 4) is 11.5 Å². The van der Waals surface area contributed by atoms with Gasteiger partial charge in [-0.05, 0) is 32.4 Å². The third-order valence-electron chi connectivity index (χ3n) is 3.97. The molecule has 2 N–H and O–H groups in total.